The number of methoxy groups -OCH3 is 1. The van der Waals surface area contributed by atoms with Crippen molar-refractivity contribution in [3.8, 4) is 16.2 Å². The van der Waals surface area contributed by atoms with Gasteiger partial charge in [-0.3, -0.25) is 9.71 Å². The Bertz CT molecular complexity index is 1480. The number of ether oxygens (including phenoxy) is 1. The first kappa shape index (κ1) is 25.6. The van der Waals surface area contributed by atoms with Gasteiger partial charge in [-0.1, -0.05) is 23.5 Å². The Balaban J connectivity index is 1.70. The van der Waals surface area contributed by atoms with Gasteiger partial charge in [-0.15, -0.1) is 0 Å². The Hall–Kier alpha value is -3.50. The largest absolute Gasteiger partial charge is 0.495 e. The third kappa shape index (κ3) is 5.19. The van der Waals surface area contributed by atoms with Crippen LogP contribution in [0.4, 0.5) is 15.2 Å². The average molecular weight is 527 g/mol. The molecule has 36 heavy (non-hydrogen) atoms. The molecular weight excluding hydrogens is 499 g/mol. The highest BCUT2D eigenvalue weighted by atomic mass is 32.2. The van der Waals surface area contributed by atoms with E-state index >= 15 is 0 Å². The van der Waals surface area contributed by atoms with Crippen LogP contribution in [-0.4, -0.2) is 25.5 Å². The van der Waals surface area contributed by atoms with Crippen molar-refractivity contribution in [2.75, 3.05) is 17.1 Å². The van der Waals surface area contributed by atoms with Gasteiger partial charge in [0, 0.05) is 12.4 Å². The van der Waals surface area contributed by atoms with E-state index in [2.05, 4.69) is 20.0 Å². The number of aromatic nitrogens is 2. The van der Waals surface area contributed by atoms with E-state index in [4.69, 9.17) is 4.74 Å². The lowest BCUT2D eigenvalue weighted by atomic mass is 9.96. The van der Waals surface area contributed by atoms with Crippen LogP contribution in [0.3, 0.4) is 0 Å². The van der Waals surface area contributed by atoms with E-state index in [1.807, 2.05) is 32.9 Å². The third-order valence-electron chi connectivity index (χ3n) is 5.79. The molecule has 4 aromatic rings. The summed E-state index contributed by atoms with van der Waals surface area (Å²) in [4.78, 5) is 9.46. The number of halogens is 1. The summed E-state index contributed by atoms with van der Waals surface area (Å²) in [5.74, 6) is -0.501. The minimum atomic E-state index is -4.15. The van der Waals surface area contributed by atoms with Crippen molar-refractivity contribution in [2.24, 2.45) is 0 Å². The summed E-state index contributed by atoms with van der Waals surface area (Å²) in [5, 5.41) is 4.16. The summed E-state index contributed by atoms with van der Waals surface area (Å²) < 4.78 is 48.7. The molecule has 0 aliphatic heterocycles. The quantitative estimate of drug-likeness (QED) is 0.287. The van der Waals surface area contributed by atoms with E-state index in [1.54, 1.807) is 37.5 Å². The molecule has 2 heterocycles. The zero-order chi connectivity index (χ0) is 26.1. The van der Waals surface area contributed by atoms with Gasteiger partial charge in [-0.25, -0.2) is 17.8 Å². The highest BCUT2D eigenvalue weighted by Crippen LogP contribution is 2.38. The molecule has 2 N–H and O–H groups in total. The molecule has 0 atom stereocenters. The number of anilines is 2. The topological polar surface area (TPSA) is 93.2 Å². The van der Waals surface area contributed by atoms with Crippen LogP contribution in [0.1, 0.15) is 30.7 Å². The average Bonchev–Trinajstić information content (AvgIpc) is 3.20. The minimum Gasteiger partial charge on any atom is -0.495 e. The maximum Gasteiger partial charge on any atom is 0.265 e. The molecule has 0 saturated carbocycles. The fourth-order valence-corrected chi connectivity index (χ4v) is 6.26. The molecule has 0 fully saturated rings. The number of benzene rings is 2. The maximum atomic E-state index is 14.4. The lowest BCUT2D eigenvalue weighted by Crippen LogP contribution is -2.27. The van der Waals surface area contributed by atoms with Gasteiger partial charge in [0.2, 0.25) is 0 Å². The van der Waals surface area contributed by atoms with Crippen LogP contribution in [-0.2, 0) is 15.6 Å². The number of thiazole rings is 1. The van der Waals surface area contributed by atoms with Crippen molar-refractivity contribution >= 4 is 32.2 Å². The SMILES string of the molecule is COc1ccc(-c2sc(NC(C)(C)c3ccncc3)nc2C)cc1S(=O)(=O)Nc1c(C)cccc1F. The zero-order valence-corrected chi connectivity index (χ0v) is 22.2. The van der Waals surface area contributed by atoms with Crippen LogP contribution in [0.5, 0.6) is 5.75 Å². The summed E-state index contributed by atoms with van der Waals surface area (Å²) in [6.07, 6.45) is 3.49. The molecule has 0 bridgehead atoms. The minimum absolute atomic E-state index is 0.0930. The van der Waals surface area contributed by atoms with Crippen molar-refractivity contribution in [3.63, 3.8) is 0 Å². The Labute approximate surface area is 214 Å². The number of pyridine rings is 1. The molecule has 4 rings (SSSR count). The second kappa shape index (κ2) is 9.87. The van der Waals surface area contributed by atoms with Gasteiger partial charge in [0.25, 0.3) is 10.0 Å². The number of nitrogens with zero attached hydrogens (tertiary/aromatic N) is 2. The van der Waals surface area contributed by atoms with Crippen LogP contribution in [0.15, 0.2) is 65.8 Å². The number of para-hydroxylation sites is 1. The molecule has 0 saturated heterocycles. The second-order valence-corrected chi connectivity index (χ2v) is 11.5. The first-order valence-corrected chi connectivity index (χ1v) is 13.4. The predicted octanol–water partition coefficient (Wildman–Crippen LogP) is 6.12. The summed E-state index contributed by atoms with van der Waals surface area (Å²) in [6.45, 7) is 7.60. The van der Waals surface area contributed by atoms with Crippen molar-refractivity contribution in [1.82, 2.24) is 9.97 Å². The number of aryl methyl sites for hydroxylation is 2. The van der Waals surface area contributed by atoms with Gasteiger partial charge < -0.3 is 10.1 Å². The predicted molar refractivity (Wildman–Crippen MR) is 142 cm³/mol. The molecule has 2 aromatic heterocycles. The zero-order valence-electron chi connectivity index (χ0n) is 20.6. The first-order valence-electron chi connectivity index (χ1n) is 11.1. The van der Waals surface area contributed by atoms with E-state index in [9.17, 15) is 12.8 Å². The highest BCUT2D eigenvalue weighted by molar-refractivity contribution is 7.92. The Morgan fingerprint density at radius 1 is 1.06 bits per heavy atom. The molecule has 0 radical (unpaired) electrons. The molecule has 2 aromatic carbocycles. The molecule has 7 nitrogen and oxygen atoms in total. The number of hydrogen-bond donors (Lipinski definition) is 2. The fourth-order valence-electron chi connectivity index (χ4n) is 3.80. The Morgan fingerprint density at radius 2 is 1.78 bits per heavy atom. The van der Waals surface area contributed by atoms with Crippen LogP contribution in [0.2, 0.25) is 0 Å². The molecule has 0 aliphatic rings. The summed E-state index contributed by atoms with van der Waals surface area (Å²) >= 11 is 1.42. The van der Waals surface area contributed by atoms with Crippen molar-refractivity contribution < 1.29 is 17.5 Å². The van der Waals surface area contributed by atoms with Gasteiger partial charge in [-0.05, 0) is 80.8 Å². The molecule has 0 unspecified atom stereocenters. The van der Waals surface area contributed by atoms with Crippen molar-refractivity contribution in [2.45, 2.75) is 38.1 Å². The standard InChI is InChI=1S/C26H27FN4O3S2/c1-16-7-6-8-20(27)23(16)31-36(32,33)22-15-18(9-10-21(22)34-5)24-17(2)29-25(35-24)30-26(3,4)19-11-13-28-14-12-19/h6-15,31H,1-5H3,(H,29,30). The maximum absolute atomic E-state index is 14.4. The number of nitrogens with one attached hydrogen (secondary N) is 2. The summed E-state index contributed by atoms with van der Waals surface area (Å²) in [6, 6.07) is 13.2. The van der Waals surface area contributed by atoms with Crippen LogP contribution in [0, 0.1) is 19.7 Å². The van der Waals surface area contributed by atoms with Gasteiger partial charge in [0.1, 0.15) is 16.5 Å². The van der Waals surface area contributed by atoms with E-state index in [0.717, 1.165) is 16.1 Å². The monoisotopic (exact) mass is 526 g/mol. The first-order chi connectivity index (χ1) is 17.0. The lowest BCUT2D eigenvalue weighted by molar-refractivity contribution is 0.403. The Kier molecular flexibility index (Phi) is 7.01. The number of hydrogen-bond acceptors (Lipinski definition) is 7. The van der Waals surface area contributed by atoms with Crippen LogP contribution >= 0.6 is 11.3 Å². The molecular formula is C26H27FN4O3S2. The third-order valence-corrected chi connectivity index (χ3v) is 8.28. The van der Waals surface area contributed by atoms with E-state index in [1.165, 1.54) is 36.6 Å². The summed E-state index contributed by atoms with van der Waals surface area (Å²) in [5.41, 5.74) is 2.44. The molecule has 0 aliphatic carbocycles. The molecule has 188 valence electrons. The summed E-state index contributed by atoms with van der Waals surface area (Å²) in [7, 11) is -2.76. The van der Waals surface area contributed by atoms with Crippen LogP contribution < -0.4 is 14.8 Å². The van der Waals surface area contributed by atoms with Gasteiger partial charge in [0.15, 0.2) is 5.13 Å². The molecule has 0 spiro atoms. The van der Waals surface area contributed by atoms with Gasteiger partial charge >= 0.3 is 0 Å². The van der Waals surface area contributed by atoms with Gasteiger partial charge in [-0.2, -0.15) is 0 Å². The molecule has 0 amide bonds. The van der Waals surface area contributed by atoms with Gasteiger partial charge in [0.05, 0.1) is 28.9 Å². The second-order valence-electron chi connectivity index (χ2n) is 8.82. The van der Waals surface area contributed by atoms with Crippen molar-refractivity contribution in [3.05, 3.63) is 83.6 Å². The number of sulfonamides is 1. The highest BCUT2D eigenvalue weighted by Gasteiger charge is 2.25. The number of rotatable bonds is 8. The fraction of sp³-hybridized carbons (Fsp3) is 0.231. The van der Waals surface area contributed by atoms with E-state index in [0.29, 0.717) is 16.3 Å². The van der Waals surface area contributed by atoms with Crippen molar-refractivity contribution in [1.29, 1.82) is 0 Å². The smallest absolute Gasteiger partial charge is 0.265 e. The Morgan fingerprint density at radius 3 is 2.44 bits per heavy atom. The lowest BCUT2D eigenvalue weighted by Gasteiger charge is -2.26. The molecule has 10 heteroatoms. The van der Waals surface area contributed by atoms with E-state index in [-0.39, 0.29) is 16.3 Å². The van der Waals surface area contributed by atoms with Crippen LogP contribution in [0.25, 0.3) is 10.4 Å². The normalized spacial score (nSPS) is 11.8. The van der Waals surface area contributed by atoms with E-state index < -0.39 is 21.4 Å².